The molecule has 0 aliphatic carbocycles. The number of likely N-dealkylation sites (tertiary alicyclic amines) is 1. The van der Waals surface area contributed by atoms with E-state index in [4.69, 9.17) is 14.2 Å². The van der Waals surface area contributed by atoms with Crippen LogP contribution in [-0.2, 0) is 9.47 Å². The van der Waals surface area contributed by atoms with Crippen molar-refractivity contribution in [1.82, 2.24) is 14.9 Å². The second-order valence-corrected chi connectivity index (χ2v) is 10.3. The SMILES string of the molecule is COc1cc2ncnc(Nc3cccc(C)c3F)c2cc1N1CC2(CN(C(=O)OC(C)(C)C)C2)OC1=O. The average Bonchev–Trinajstić information content (AvgIpc) is 3.17. The van der Waals surface area contributed by atoms with Crippen LogP contribution < -0.4 is 15.0 Å². The molecule has 2 aromatic carbocycles. The van der Waals surface area contributed by atoms with Crippen LogP contribution in [0.3, 0.4) is 0 Å². The number of carbonyl (C=O) groups is 2. The zero-order chi connectivity index (χ0) is 26.5. The molecule has 0 atom stereocenters. The Morgan fingerprint density at radius 1 is 1.19 bits per heavy atom. The highest BCUT2D eigenvalue weighted by atomic mass is 19.1. The summed E-state index contributed by atoms with van der Waals surface area (Å²) in [5.41, 5.74) is 0.312. The molecular formula is C26H28FN5O5. The van der Waals surface area contributed by atoms with Crippen LogP contribution in [0.2, 0.25) is 0 Å². The lowest BCUT2D eigenvalue weighted by atomic mass is 9.94. The fraction of sp³-hybridized carbons (Fsp3) is 0.385. The maximum absolute atomic E-state index is 14.7. The Hall–Kier alpha value is -4.15. The number of nitrogens with zero attached hydrogens (tertiary/aromatic N) is 4. The molecule has 0 unspecified atom stereocenters. The first kappa shape index (κ1) is 24.5. The van der Waals surface area contributed by atoms with Crippen molar-refractivity contribution in [3.8, 4) is 5.75 Å². The summed E-state index contributed by atoms with van der Waals surface area (Å²) in [6.07, 6.45) is 0.362. The number of fused-ring (bicyclic) bond motifs is 1. The number of ether oxygens (including phenoxy) is 3. The van der Waals surface area contributed by atoms with E-state index in [-0.39, 0.29) is 31.1 Å². The Morgan fingerprint density at radius 2 is 1.95 bits per heavy atom. The number of amides is 2. The van der Waals surface area contributed by atoms with Gasteiger partial charge in [-0.15, -0.1) is 0 Å². The molecule has 0 saturated carbocycles. The van der Waals surface area contributed by atoms with Gasteiger partial charge in [-0.05, 0) is 45.4 Å². The van der Waals surface area contributed by atoms with Crippen molar-refractivity contribution in [3.05, 3.63) is 48.0 Å². The van der Waals surface area contributed by atoms with Crippen LogP contribution in [0.5, 0.6) is 5.75 Å². The molecule has 2 aliphatic rings. The predicted molar refractivity (Wildman–Crippen MR) is 135 cm³/mol. The summed E-state index contributed by atoms with van der Waals surface area (Å²) in [5, 5.41) is 3.60. The van der Waals surface area contributed by atoms with Gasteiger partial charge in [0.05, 0.1) is 43.6 Å². The van der Waals surface area contributed by atoms with E-state index < -0.39 is 23.4 Å². The van der Waals surface area contributed by atoms with Crippen LogP contribution in [0.25, 0.3) is 10.9 Å². The van der Waals surface area contributed by atoms with Crippen LogP contribution in [0.4, 0.5) is 31.2 Å². The predicted octanol–water partition coefficient (Wildman–Crippen LogP) is 4.78. The van der Waals surface area contributed by atoms with E-state index in [2.05, 4.69) is 15.3 Å². The van der Waals surface area contributed by atoms with Crippen molar-refractivity contribution < 1.29 is 28.2 Å². The van der Waals surface area contributed by atoms with E-state index in [0.717, 1.165) is 0 Å². The number of hydrogen-bond acceptors (Lipinski definition) is 8. The Bertz CT molecular complexity index is 1400. The van der Waals surface area contributed by atoms with E-state index in [1.807, 2.05) is 0 Å². The van der Waals surface area contributed by atoms with Crippen LogP contribution >= 0.6 is 0 Å². The van der Waals surface area contributed by atoms with Crippen molar-refractivity contribution in [2.45, 2.75) is 38.9 Å². The molecule has 2 fully saturated rings. The van der Waals surface area contributed by atoms with Gasteiger partial charge in [-0.1, -0.05) is 12.1 Å². The lowest BCUT2D eigenvalue weighted by Gasteiger charge is -2.45. The second-order valence-electron chi connectivity index (χ2n) is 10.3. The average molecular weight is 510 g/mol. The third kappa shape index (κ3) is 4.56. The number of rotatable bonds is 4. The summed E-state index contributed by atoms with van der Waals surface area (Å²) in [7, 11) is 1.50. The minimum atomic E-state index is -0.840. The Balaban J connectivity index is 1.44. The number of methoxy groups -OCH3 is 1. The number of nitrogens with one attached hydrogen (secondary N) is 1. The first-order chi connectivity index (χ1) is 17.5. The number of benzene rings is 2. The quantitative estimate of drug-likeness (QED) is 0.536. The first-order valence-corrected chi connectivity index (χ1v) is 11.8. The number of aryl methyl sites for hydroxylation is 1. The number of halogens is 1. The molecule has 2 aliphatic heterocycles. The Labute approximate surface area is 213 Å². The van der Waals surface area contributed by atoms with E-state index in [9.17, 15) is 14.0 Å². The topological polar surface area (TPSA) is 106 Å². The van der Waals surface area contributed by atoms with Gasteiger partial charge in [0.15, 0.2) is 5.60 Å². The number of hydrogen-bond donors (Lipinski definition) is 1. The van der Waals surface area contributed by atoms with Gasteiger partial charge in [0.25, 0.3) is 0 Å². The molecule has 2 saturated heterocycles. The molecule has 3 heterocycles. The third-order valence-corrected chi connectivity index (χ3v) is 6.25. The lowest BCUT2D eigenvalue weighted by Crippen LogP contribution is -2.66. The minimum Gasteiger partial charge on any atom is -0.494 e. The van der Waals surface area contributed by atoms with Gasteiger partial charge in [-0.3, -0.25) is 9.80 Å². The molecule has 11 heteroatoms. The highest BCUT2D eigenvalue weighted by Gasteiger charge is 2.56. The number of aromatic nitrogens is 2. The monoisotopic (exact) mass is 509 g/mol. The third-order valence-electron chi connectivity index (χ3n) is 6.25. The minimum absolute atomic E-state index is 0.218. The molecule has 194 valence electrons. The number of carbonyl (C=O) groups excluding carboxylic acids is 2. The van der Waals surface area contributed by atoms with Gasteiger partial charge < -0.3 is 19.5 Å². The molecule has 0 bridgehead atoms. The fourth-order valence-electron chi connectivity index (χ4n) is 4.50. The highest BCUT2D eigenvalue weighted by molar-refractivity contribution is 6.00. The molecule has 1 spiro atoms. The summed E-state index contributed by atoms with van der Waals surface area (Å²) in [4.78, 5) is 36.9. The van der Waals surface area contributed by atoms with Gasteiger partial charge in [0.2, 0.25) is 0 Å². The molecule has 1 N–H and O–H groups in total. The maximum Gasteiger partial charge on any atom is 0.415 e. The zero-order valence-corrected chi connectivity index (χ0v) is 21.3. The maximum atomic E-state index is 14.7. The van der Waals surface area contributed by atoms with Crippen LogP contribution in [0.15, 0.2) is 36.7 Å². The first-order valence-electron chi connectivity index (χ1n) is 11.8. The molecular weight excluding hydrogens is 481 g/mol. The van der Waals surface area contributed by atoms with Gasteiger partial charge in [0, 0.05) is 11.5 Å². The molecule has 0 radical (unpaired) electrons. The van der Waals surface area contributed by atoms with Crippen molar-refractivity contribution in [1.29, 1.82) is 0 Å². The zero-order valence-electron chi connectivity index (χ0n) is 21.3. The van der Waals surface area contributed by atoms with Crippen molar-refractivity contribution in [3.63, 3.8) is 0 Å². The van der Waals surface area contributed by atoms with Gasteiger partial charge in [0.1, 0.15) is 29.3 Å². The van der Waals surface area contributed by atoms with Gasteiger partial charge in [-0.25, -0.2) is 23.9 Å². The van der Waals surface area contributed by atoms with E-state index in [1.165, 1.54) is 23.2 Å². The van der Waals surface area contributed by atoms with Crippen molar-refractivity contribution in [2.24, 2.45) is 0 Å². The molecule has 10 nitrogen and oxygen atoms in total. The smallest absolute Gasteiger partial charge is 0.415 e. The standard InChI is InChI=1S/C26H28FN5O5/c1-15-7-6-8-17(21(15)27)30-22-16-9-19(20(35-5)10-18(16)28-14-29-22)32-13-26(37-24(32)34)11-31(12-26)23(33)36-25(2,3)4/h6-10,14H,11-13H2,1-5H3,(H,28,29,30). The highest BCUT2D eigenvalue weighted by Crippen LogP contribution is 2.41. The molecule has 5 rings (SSSR count). The Morgan fingerprint density at radius 3 is 2.65 bits per heavy atom. The van der Waals surface area contributed by atoms with Crippen LogP contribution in [0.1, 0.15) is 26.3 Å². The molecule has 3 aromatic rings. The summed E-state index contributed by atoms with van der Waals surface area (Å²) in [6, 6.07) is 8.46. The van der Waals surface area contributed by atoms with E-state index in [1.54, 1.807) is 58.0 Å². The van der Waals surface area contributed by atoms with E-state index in [0.29, 0.717) is 33.7 Å². The van der Waals surface area contributed by atoms with E-state index >= 15 is 0 Å². The lowest BCUT2D eigenvalue weighted by molar-refractivity contribution is -0.0779. The summed E-state index contributed by atoms with van der Waals surface area (Å²) >= 11 is 0. The number of anilines is 3. The summed E-state index contributed by atoms with van der Waals surface area (Å²) < 4.78 is 31.4. The van der Waals surface area contributed by atoms with Gasteiger partial charge >= 0.3 is 12.2 Å². The van der Waals surface area contributed by atoms with Crippen molar-refractivity contribution in [2.75, 3.05) is 37.0 Å². The van der Waals surface area contributed by atoms with Crippen LogP contribution in [-0.4, -0.2) is 65.0 Å². The molecule has 2 amide bonds. The van der Waals surface area contributed by atoms with Crippen molar-refractivity contribution >= 4 is 40.3 Å². The van der Waals surface area contributed by atoms with Gasteiger partial charge in [-0.2, -0.15) is 0 Å². The summed E-state index contributed by atoms with van der Waals surface area (Å²) in [6.45, 7) is 7.74. The largest absolute Gasteiger partial charge is 0.494 e. The fourth-order valence-corrected chi connectivity index (χ4v) is 4.50. The second kappa shape index (κ2) is 8.75. The van der Waals surface area contributed by atoms with Crippen LogP contribution in [0, 0.1) is 12.7 Å². The molecule has 37 heavy (non-hydrogen) atoms. The summed E-state index contributed by atoms with van der Waals surface area (Å²) in [5.74, 6) is 0.407. The normalized spacial score (nSPS) is 16.5. The Kier molecular flexibility index (Phi) is 5.81. The molecule has 1 aromatic heterocycles.